The van der Waals surface area contributed by atoms with Gasteiger partial charge in [-0.1, -0.05) is 0 Å². The summed E-state index contributed by atoms with van der Waals surface area (Å²) in [5, 5.41) is 3.83. The number of nitrogens with one attached hydrogen (secondary N) is 1. The first kappa shape index (κ1) is 20.9. The first-order valence-electron chi connectivity index (χ1n) is 9.29. The first-order chi connectivity index (χ1) is 13.3. The number of piperidine rings is 1. The topological polar surface area (TPSA) is 92.3 Å². The smallest absolute Gasteiger partial charge is 0.226 e. The van der Waals surface area contributed by atoms with E-state index in [9.17, 15) is 13.2 Å². The van der Waals surface area contributed by atoms with Gasteiger partial charge >= 0.3 is 0 Å². The van der Waals surface area contributed by atoms with Crippen molar-refractivity contribution in [2.45, 2.75) is 24.7 Å². The first-order valence-corrected chi connectivity index (χ1v) is 12.6. The number of nitrogens with zero attached hydrogens (tertiary/aromatic N) is 3. The molecule has 0 unspecified atom stereocenters. The predicted octanol–water partition coefficient (Wildman–Crippen LogP) is 2.04. The third-order valence-corrected chi connectivity index (χ3v) is 6.68. The Morgan fingerprint density at radius 3 is 2.86 bits per heavy atom. The molecule has 9 heteroatoms. The molecule has 0 aliphatic carbocycles. The lowest BCUT2D eigenvalue weighted by atomic mass is 9.97. The number of carbonyl (C=O) groups is 1. The number of carbonyl (C=O) groups excluding carboxylic acids is 1. The van der Waals surface area contributed by atoms with Crippen LogP contribution in [0.1, 0.15) is 18.5 Å². The van der Waals surface area contributed by atoms with Crippen molar-refractivity contribution < 1.29 is 13.2 Å². The summed E-state index contributed by atoms with van der Waals surface area (Å²) in [5.74, 6) is 1.45. The molecule has 2 aromatic rings. The number of amides is 1. The Morgan fingerprint density at radius 2 is 2.14 bits per heavy atom. The molecule has 3 rings (SSSR count). The van der Waals surface area contributed by atoms with Crippen LogP contribution in [0.5, 0.6) is 0 Å². The van der Waals surface area contributed by atoms with E-state index in [1.807, 2.05) is 18.1 Å². The molecule has 0 spiro atoms. The molecule has 1 aromatic carbocycles. The van der Waals surface area contributed by atoms with E-state index in [2.05, 4.69) is 15.3 Å². The highest BCUT2D eigenvalue weighted by molar-refractivity contribution is 7.98. The van der Waals surface area contributed by atoms with Crippen molar-refractivity contribution in [2.24, 2.45) is 5.92 Å². The number of aromatic nitrogens is 2. The standard InChI is InChI=1S/C19H26N4O3S2/c1-13-16-7-6-15(28(3,25)26)11-17(16)22-19(21-13)23-9-4-5-14(12-23)18(24)20-8-10-27-2/h6-7,11,14H,4-5,8-10,12H2,1-3H3,(H,20,24)/t14-/m1/s1. The number of hydrogen-bond acceptors (Lipinski definition) is 7. The average molecular weight is 423 g/mol. The highest BCUT2D eigenvalue weighted by Crippen LogP contribution is 2.25. The number of benzene rings is 1. The number of thioether (sulfide) groups is 1. The van der Waals surface area contributed by atoms with Crippen LogP contribution < -0.4 is 10.2 Å². The molecule has 1 N–H and O–H groups in total. The minimum atomic E-state index is -3.30. The molecule has 1 saturated heterocycles. The lowest BCUT2D eigenvalue weighted by Crippen LogP contribution is -2.44. The second-order valence-corrected chi connectivity index (χ2v) is 10.1. The predicted molar refractivity (Wildman–Crippen MR) is 114 cm³/mol. The second-order valence-electron chi connectivity index (χ2n) is 7.13. The van der Waals surface area contributed by atoms with Gasteiger partial charge < -0.3 is 10.2 Å². The van der Waals surface area contributed by atoms with E-state index < -0.39 is 9.84 Å². The highest BCUT2D eigenvalue weighted by atomic mass is 32.2. The number of sulfone groups is 1. The highest BCUT2D eigenvalue weighted by Gasteiger charge is 2.27. The zero-order valence-electron chi connectivity index (χ0n) is 16.4. The van der Waals surface area contributed by atoms with E-state index in [0.717, 1.165) is 36.2 Å². The summed E-state index contributed by atoms with van der Waals surface area (Å²) in [6.45, 7) is 3.92. The minimum absolute atomic E-state index is 0.0793. The average Bonchev–Trinajstić information content (AvgIpc) is 2.67. The van der Waals surface area contributed by atoms with Gasteiger partial charge in [0.25, 0.3) is 0 Å². The summed E-state index contributed by atoms with van der Waals surface area (Å²) in [6, 6.07) is 4.94. The molecule has 1 aromatic heterocycles. The molecule has 1 amide bonds. The van der Waals surface area contributed by atoms with Gasteiger partial charge in [-0.3, -0.25) is 4.79 Å². The molecule has 2 heterocycles. The van der Waals surface area contributed by atoms with Gasteiger partial charge in [-0.2, -0.15) is 11.8 Å². The normalized spacial score (nSPS) is 17.7. The number of aryl methyl sites for hydroxylation is 1. The number of anilines is 1. The van der Waals surface area contributed by atoms with Gasteiger partial charge in [0.2, 0.25) is 11.9 Å². The number of hydrogen-bond donors (Lipinski definition) is 1. The fourth-order valence-corrected chi connectivity index (χ4v) is 4.37. The largest absolute Gasteiger partial charge is 0.355 e. The molecular weight excluding hydrogens is 396 g/mol. The Labute approximate surface area is 170 Å². The number of fused-ring (bicyclic) bond motifs is 1. The molecule has 1 fully saturated rings. The Hall–Kier alpha value is -1.87. The molecule has 0 radical (unpaired) electrons. The van der Waals surface area contributed by atoms with Crippen LogP contribution in [0.25, 0.3) is 10.9 Å². The van der Waals surface area contributed by atoms with Gasteiger partial charge in [0, 0.05) is 37.0 Å². The lowest BCUT2D eigenvalue weighted by Gasteiger charge is -2.32. The molecule has 1 aliphatic heterocycles. The van der Waals surface area contributed by atoms with Crippen LogP contribution in [0, 0.1) is 12.8 Å². The maximum Gasteiger partial charge on any atom is 0.226 e. The van der Waals surface area contributed by atoms with E-state index in [-0.39, 0.29) is 16.7 Å². The third-order valence-electron chi connectivity index (χ3n) is 4.96. The van der Waals surface area contributed by atoms with E-state index in [4.69, 9.17) is 0 Å². The molecule has 1 atom stereocenters. The third kappa shape index (κ3) is 4.75. The van der Waals surface area contributed by atoms with Crippen molar-refractivity contribution in [2.75, 3.05) is 42.8 Å². The maximum absolute atomic E-state index is 12.4. The van der Waals surface area contributed by atoms with E-state index in [0.29, 0.717) is 24.6 Å². The van der Waals surface area contributed by atoms with Gasteiger partial charge in [-0.15, -0.1) is 0 Å². The van der Waals surface area contributed by atoms with Crippen LogP contribution in [0.4, 0.5) is 5.95 Å². The van der Waals surface area contributed by atoms with E-state index in [1.165, 1.54) is 6.26 Å². The van der Waals surface area contributed by atoms with E-state index in [1.54, 1.807) is 30.0 Å². The van der Waals surface area contributed by atoms with Crippen molar-refractivity contribution in [1.29, 1.82) is 0 Å². The molecule has 0 bridgehead atoms. The second kappa shape index (κ2) is 8.65. The Balaban J connectivity index is 1.84. The monoisotopic (exact) mass is 422 g/mol. The van der Waals surface area contributed by atoms with E-state index >= 15 is 0 Å². The van der Waals surface area contributed by atoms with Crippen molar-refractivity contribution >= 4 is 44.4 Å². The molecule has 0 saturated carbocycles. The van der Waals surface area contributed by atoms with Gasteiger partial charge in [0.05, 0.1) is 22.0 Å². The van der Waals surface area contributed by atoms with Gasteiger partial charge in [0.1, 0.15) is 0 Å². The van der Waals surface area contributed by atoms with Crippen molar-refractivity contribution in [3.63, 3.8) is 0 Å². The Bertz CT molecular complexity index is 979. The van der Waals surface area contributed by atoms with Crippen LogP contribution in [-0.2, 0) is 14.6 Å². The lowest BCUT2D eigenvalue weighted by molar-refractivity contribution is -0.125. The summed E-state index contributed by atoms with van der Waals surface area (Å²) in [6.07, 6.45) is 4.95. The van der Waals surface area contributed by atoms with Crippen molar-refractivity contribution in [3.05, 3.63) is 23.9 Å². The molecule has 7 nitrogen and oxygen atoms in total. The van der Waals surface area contributed by atoms with Gasteiger partial charge in [-0.05, 0) is 44.2 Å². The van der Waals surface area contributed by atoms with Crippen molar-refractivity contribution in [1.82, 2.24) is 15.3 Å². The van der Waals surface area contributed by atoms with Crippen LogP contribution in [0.2, 0.25) is 0 Å². The fraction of sp³-hybridized carbons (Fsp3) is 0.526. The minimum Gasteiger partial charge on any atom is -0.355 e. The SMILES string of the molecule is CSCCNC(=O)[C@@H]1CCCN(c2nc(C)c3ccc(S(C)(=O)=O)cc3n2)C1. The summed E-state index contributed by atoms with van der Waals surface area (Å²) in [4.78, 5) is 23.9. The van der Waals surface area contributed by atoms with Crippen LogP contribution >= 0.6 is 11.8 Å². The zero-order valence-corrected chi connectivity index (χ0v) is 18.1. The van der Waals surface area contributed by atoms with Gasteiger partial charge in [0.15, 0.2) is 9.84 Å². The number of rotatable bonds is 6. The molecule has 152 valence electrons. The summed E-state index contributed by atoms with van der Waals surface area (Å²) in [5.41, 5.74) is 1.41. The van der Waals surface area contributed by atoms with Crippen molar-refractivity contribution in [3.8, 4) is 0 Å². The fourth-order valence-electron chi connectivity index (χ4n) is 3.42. The maximum atomic E-state index is 12.4. The van der Waals surface area contributed by atoms with Gasteiger partial charge in [-0.25, -0.2) is 18.4 Å². The van der Waals surface area contributed by atoms with Crippen LogP contribution in [0.3, 0.4) is 0 Å². The summed E-state index contributed by atoms with van der Waals surface area (Å²) in [7, 11) is -3.30. The quantitative estimate of drug-likeness (QED) is 0.712. The van der Waals surface area contributed by atoms with Crippen LogP contribution in [0.15, 0.2) is 23.1 Å². The Kier molecular flexibility index (Phi) is 6.44. The zero-order chi connectivity index (χ0) is 20.3. The van der Waals surface area contributed by atoms with Crippen LogP contribution in [-0.4, -0.2) is 62.2 Å². The summed E-state index contributed by atoms with van der Waals surface area (Å²) >= 11 is 1.71. The summed E-state index contributed by atoms with van der Waals surface area (Å²) < 4.78 is 23.7. The Morgan fingerprint density at radius 1 is 1.36 bits per heavy atom. The molecular formula is C19H26N4O3S2. The molecule has 1 aliphatic rings. The molecule has 28 heavy (non-hydrogen) atoms.